The molecule has 9 nitrogen and oxygen atoms in total. The summed E-state index contributed by atoms with van der Waals surface area (Å²) in [5.74, 6) is -0.805. The summed E-state index contributed by atoms with van der Waals surface area (Å²) >= 11 is 0. The van der Waals surface area contributed by atoms with Gasteiger partial charge in [0.1, 0.15) is 11.6 Å². The number of ether oxygens (including phenoxy) is 1. The number of nitrogens with zero attached hydrogens (tertiary/aromatic N) is 1. The topological polar surface area (TPSA) is 109 Å². The number of nitrogens with one attached hydrogen (secondary N) is 3. The molecule has 3 rings (SSSR count). The lowest BCUT2D eigenvalue weighted by molar-refractivity contribution is -0.140. The average molecular weight is 763 g/mol. The Morgan fingerprint density at radius 1 is 0.926 bits per heavy atom. The van der Waals surface area contributed by atoms with Crippen LogP contribution in [0, 0.1) is 11.8 Å². The molecule has 0 bridgehead atoms. The fraction of sp³-hybridized carbons (Fsp3) is 0.614. The van der Waals surface area contributed by atoms with Gasteiger partial charge in [-0.15, -0.1) is 0 Å². The van der Waals surface area contributed by atoms with E-state index in [1.165, 1.54) is 0 Å². The molecule has 3 N–H and O–H groups in total. The van der Waals surface area contributed by atoms with E-state index in [-0.39, 0.29) is 22.8 Å². The minimum Gasteiger partial charge on any atom is -0.444 e. The smallest absolute Gasteiger partial charge is 0.407 e. The van der Waals surface area contributed by atoms with Crippen LogP contribution in [0.4, 0.5) is 4.79 Å². The van der Waals surface area contributed by atoms with E-state index in [9.17, 15) is 14.4 Å². The average Bonchev–Trinajstić information content (AvgIpc) is 3.11. The first kappa shape index (κ1) is 44.9. The van der Waals surface area contributed by atoms with Crippen molar-refractivity contribution in [3.63, 3.8) is 0 Å². The van der Waals surface area contributed by atoms with E-state index in [4.69, 9.17) is 9.16 Å². The Balaban J connectivity index is 2.06. The fourth-order valence-corrected chi connectivity index (χ4v) is 7.89. The van der Waals surface area contributed by atoms with Crippen LogP contribution in [-0.2, 0) is 25.2 Å². The van der Waals surface area contributed by atoms with Crippen LogP contribution in [0.15, 0.2) is 66.7 Å². The maximum atomic E-state index is 14.7. The highest BCUT2D eigenvalue weighted by atomic mass is 28.4. The van der Waals surface area contributed by atoms with Crippen LogP contribution in [-0.4, -0.2) is 81.1 Å². The molecule has 1 aliphatic heterocycles. The number of carbonyl (C=O) groups excluding carboxylic acids is 3. The van der Waals surface area contributed by atoms with E-state index < -0.39 is 44.1 Å². The van der Waals surface area contributed by atoms with E-state index >= 15 is 0 Å². The molecule has 10 heteroatoms. The van der Waals surface area contributed by atoms with Gasteiger partial charge in [-0.25, -0.2) is 4.79 Å². The summed E-state index contributed by atoms with van der Waals surface area (Å²) in [6.07, 6.45) is 6.79. The molecule has 2 aromatic carbocycles. The van der Waals surface area contributed by atoms with Crippen LogP contribution in [0.1, 0.15) is 98.6 Å². The van der Waals surface area contributed by atoms with Gasteiger partial charge in [0, 0.05) is 25.0 Å². The number of hydrogen-bond acceptors (Lipinski definition) is 6. The number of rotatable bonds is 17. The molecule has 2 aromatic rings. The largest absolute Gasteiger partial charge is 0.444 e. The highest BCUT2D eigenvalue weighted by molar-refractivity contribution is 6.74. The second-order valence-corrected chi connectivity index (χ2v) is 22.4. The lowest BCUT2D eigenvalue weighted by Crippen LogP contribution is -2.56. The van der Waals surface area contributed by atoms with Crippen molar-refractivity contribution in [3.05, 3.63) is 77.9 Å². The number of carbonyl (C=O) groups is 3. The van der Waals surface area contributed by atoms with E-state index in [1.807, 2.05) is 112 Å². The molecule has 5 atom stereocenters. The normalized spacial score (nSPS) is 17.4. The molecular formula is C44H70N4O5Si. The van der Waals surface area contributed by atoms with E-state index in [0.29, 0.717) is 38.4 Å². The molecule has 1 aliphatic rings. The Hall–Kier alpha value is -3.47. The first-order valence-corrected chi connectivity index (χ1v) is 22.9. The molecule has 5 unspecified atom stereocenters. The second kappa shape index (κ2) is 20.4. The number of benzene rings is 2. The van der Waals surface area contributed by atoms with Crippen LogP contribution in [0.5, 0.6) is 0 Å². The zero-order chi connectivity index (χ0) is 40.1. The standard InChI is InChI=1S/C44H70N4O5Si/c1-12-32(2)39(41(50)48-28-26-36(45-9)27-29-48)47-40(49)35(25-19-24-33-20-15-13-16-21-33)31-38(53-54(10,11)44(6,7)8)37(30-34-22-17-14-18-23-34)46-42(51)52-43(3,4)5/h13-24,32,35-39,45H,12,25-31H2,1-11H3,(H,46,51)(H,47,49). The number of allylic oxidation sites excluding steroid dienone is 1. The summed E-state index contributed by atoms with van der Waals surface area (Å²) in [6, 6.07) is 19.3. The number of amides is 3. The lowest BCUT2D eigenvalue weighted by atomic mass is 9.89. The van der Waals surface area contributed by atoms with Gasteiger partial charge < -0.3 is 30.0 Å². The quantitative estimate of drug-likeness (QED) is 0.140. The third-order valence-electron chi connectivity index (χ3n) is 11.1. The van der Waals surface area contributed by atoms with Gasteiger partial charge in [0.2, 0.25) is 11.8 Å². The first-order chi connectivity index (χ1) is 25.3. The molecule has 1 heterocycles. The predicted octanol–water partition coefficient (Wildman–Crippen LogP) is 8.36. The molecule has 3 amide bonds. The van der Waals surface area contributed by atoms with Crippen LogP contribution in [0.3, 0.4) is 0 Å². The van der Waals surface area contributed by atoms with E-state index in [0.717, 1.165) is 30.4 Å². The van der Waals surface area contributed by atoms with Crippen molar-refractivity contribution in [2.24, 2.45) is 11.8 Å². The molecule has 54 heavy (non-hydrogen) atoms. The van der Waals surface area contributed by atoms with Crippen molar-refractivity contribution >= 4 is 32.3 Å². The molecule has 0 radical (unpaired) electrons. The second-order valence-electron chi connectivity index (χ2n) is 17.6. The van der Waals surface area contributed by atoms with Crippen LogP contribution in [0.2, 0.25) is 18.1 Å². The van der Waals surface area contributed by atoms with Crippen LogP contribution >= 0.6 is 0 Å². The van der Waals surface area contributed by atoms with Gasteiger partial charge in [0.15, 0.2) is 8.32 Å². The van der Waals surface area contributed by atoms with Crippen LogP contribution < -0.4 is 16.0 Å². The molecule has 0 saturated carbocycles. The highest BCUT2D eigenvalue weighted by Gasteiger charge is 2.43. The summed E-state index contributed by atoms with van der Waals surface area (Å²) in [5, 5.41) is 9.65. The van der Waals surface area contributed by atoms with Crippen LogP contribution in [0.25, 0.3) is 6.08 Å². The minimum absolute atomic E-state index is 0.0200. The van der Waals surface area contributed by atoms with Crippen molar-refractivity contribution in [3.8, 4) is 0 Å². The van der Waals surface area contributed by atoms with Crippen molar-refractivity contribution < 1.29 is 23.5 Å². The lowest BCUT2D eigenvalue weighted by Gasteiger charge is -2.42. The molecular weight excluding hydrogens is 693 g/mol. The maximum Gasteiger partial charge on any atom is 0.407 e. The number of piperidine rings is 1. The van der Waals surface area contributed by atoms with Gasteiger partial charge in [0.05, 0.1) is 12.1 Å². The van der Waals surface area contributed by atoms with Crippen molar-refractivity contribution in [2.75, 3.05) is 20.1 Å². The minimum atomic E-state index is -2.44. The SMILES string of the molecule is CCC(C)C(NC(=O)C(CC=Cc1ccccc1)CC(O[Si](C)(C)C(C)(C)C)C(Cc1ccccc1)NC(=O)OC(C)(C)C)C(=O)N1CCC(NC)CC1. The molecule has 300 valence electrons. The molecule has 0 spiro atoms. The predicted molar refractivity (Wildman–Crippen MR) is 224 cm³/mol. The summed E-state index contributed by atoms with van der Waals surface area (Å²) in [7, 11) is -0.480. The van der Waals surface area contributed by atoms with Crippen molar-refractivity contribution in [1.29, 1.82) is 0 Å². The Morgan fingerprint density at radius 3 is 2.06 bits per heavy atom. The van der Waals surface area contributed by atoms with Gasteiger partial charge in [-0.3, -0.25) is 9.59 Å². The van der Waals surface area contributed by atoms with E-state index in [1.54, 1.807) is 0 Å². The van der Waals surface area contributed by atoms with Gasteiger partial charge in [-0.1, -0.05) is 114 Å². The Labute approximate surface area is 327 Å². The van der Waals surface area contributed by atoms with E-state index in [2.05, 4.69) is 56.7 Å². The van der Waals surface area contributed by atoms with Gasteiger partial charge >= 0.3 is 6.09 Å². The zero-order valence-corrected chi connectivity index (χ0v) is 36.0. The van der Waals surface area contributed by atoms with Crippen molar-refractivity contribution in [2.45, 2.75) is 142 Å². The maximum absolute atomic E-state index is 14.7. The van der Waals surface area contributed by atoms with Gasteiger partial charge in [-0.05, 0) is 95.1 Å². The Morgan fingerprint density at radius 2 is 1.52 bits per heavy atom. The molecule has 1 saturated heterocycles. The van der Waals surface area contributed by atoms with Crippen molar-refractivity contribution in [1.82, 2.24) is 20.9 Å². The molecule has 1 fully saturated rings. The summed E-state index contributed by atoms with van der Waals surface area (Å²) in [6.45, 7) is 21.9. The summed E-state index contributed by atoms with van der Waals surface area (Å²) < 4.78 is 13.0. The Kier molecular flexibility index (Phi) is 17.0. The molecule has 0 aromatic heterocycles. The fourth-order valence-electron chi connectivity index (χ4n) is 6.51. The summed E-state index contributed by atoms with van der Waals surface area (Å²) in [4.78, 5) is 44.2. The third kappa shape index (κ3) is 14.3. The Bertz CT molecular complexity index is 1480. The molecule has 0 aliphatic carbocycles. The monoisotopic (exact) mass is 763 g/mol. The third-order valence-corrected chi connectivity index (χ3v) is 15.6. The van der Waals surface area contributed by atoms with Gasteiger partial charge in [0.25, 0.3) is 0 Å². The highest BCUT2D eigenvalue weighted by Crippen LogP contribution is 2.39. The summed E-state index contributed by atoms with van der Waals surface area (Å²) in [5.41, 5.74) is 1.38. The number of hydrogen-bond donors (Lipinski definition) is 3. The van der Waals surface area contributed by atoms with Gasteiger partial charge in [-0.2, -0.15) is 0 Å². The number of likely N-dealkylation sites (tertiary alicyclic amines) is 1. The first-order valence-electron chi connectivity index (χ1n) is 20.0. The zero-order valence-electron chi connectivity index (χ0n) is 35.0. The number of alkyl carbamates (subject to hydrolysis) is 1.